The fourth-order valence-electron chi connectivity index (χ4n) is 2.77. The van der Waals surface area contributed by atoms with E-state index in [-0.39, 0.29) is 17.4 Å². The minimum Gasteiger partial charge on any atom is -0.347 e. The third kappa shape index (κ3) is 5.07. The van der Waals surface area contributed by atoms with E-state index in [1.54, 1.807) is 24.3 Å². The largest absolute Gasteiger partial charge is 0.347 e. The lowest BCUT2D eigenvalue weighted by molar-refractivity contribution is 0.0919. The van der Waals surface area contributed by atoms with Crippen LogP contribution in [0.25, 0.3) is 11.1 Å². The molecule has 4 nitrogen and oxygen atoms in total. The molecule has 0 aliphatic heterocycles. The summed E-state index contributed by atoms with van der Waals surface area (Å²) in [5.74, 6) is -0.326. The molecule has 0 aliphatic rings. The second-order valence-electron chi connectivity index (χ2n) is 7.68. The van der Waals surface area contributed by atoms with E-state index in [1.165, 1.54) is 0 Å². The molecule has 3 aromatic rings. The first-order valence-electron chi connectivity index (χ1n) is 9.21. The van der Waals surface area contributed by atoms with Gasteiger partial charge in [-0.1, -0.05) is 42.5 Å². The zero-order valence-corrected chi connectivity index (χ0v) is 16.3. The van der Waals surface area contributed by atoms with Gasteiger partial charge in [-0.3, -0.25) is 9.59 Å². The highest BCUT2D eigenvalue weighted by atomic mass is 16.2. The first-order chi connectivity index (χ1) is 13.3. The topological polar surface area (TPSA) is 58.2 Å². The number of carbonyl (C=O) groups is 2. The van der Waals surface area contributed by atoms with Gasteiger partial charge in [0, 0.05) is 22.4 Å². The van der Waals surface area contributed by atoms with E-state index >= 15 is 0 Å². The van der Waals surface area contributed by atoms with Crippen LogP contribution in [0.4, 0.5) is 5.69 Å². The predicted octanol–water partition coefficient (Wildman–Crippen LogP) is 5.13. The third-order valence-corrected chi connectivity index (χ3v) is 4.15. The number of anilines is 1. The molecule has 2 amide bonds. The van der Waals surface area contributed by atoms with Crippen molar-refractivity contribution in [1.82, 2.24) is 5.32 Å². The number of nitrogens with one attached hydrogen (secondary N) is 2. The summed E-state index contributed by atoms with van der Waals surface area (Å²) in [7, 11) is 0. The van der Waals surface area contributed by atoms with Gasteiger partial charge in [0.05, 0.1) is 0 Å². The average Bonchev–Trinajstić information content (AvgIpc) is 2.68. The maximum Gasteiger partial charge on any atom is 0.255 e. The van der Waals surface area contributed by atoms with Crippen LogP contribution in [0.5, 0.6) is 0 Å². The Hall–Kier alpha value is -3.40. The van der Waals surface area contributed by atoms with Gasteiger partial charge in [-0.2, -0.15) is 0 Å². The number of hydrogen-bond acceptors (Lipinski definition) is 2. The molecule has 0 saturated carbocycles. The van der Waals surface area contributed by atoms with Crippen molar-refractivity contribution in [3.8, 4) is 11.1 Å². The van der Waals surface area contributed by atoms with Gasteiger partial charge >= 0.3 is 0 Å². The quantitative estimate of drug-likeness (QED) is 0.667. The highest BCUT2D eigenvalue weighted by Crippen LogP contribution is 2.20. The van der Waals surface area contributed by atoms with E-state index in [9.17, 15) is 9.59 Å². The number of benzene rings is 3. The van der Waals surface area contributed by atoms with E-state index in [2.05, 4.69) is 10.6 Å². The normalized spacial score (nSPS) is 11.0. The van der Waals surface area contributed by atoms with Gasteiger partial charge in [0.2, 0.25) is 0 Å². The molecule has 0 unspecified atom stereocenters. The van der Waals surface area contributed by atoms with E-state index in [0.717, 1.165) is 11.1 Å². The number of rotatable bonds is 4. The van der Waals surface area contributed by atoms with Gasteiger partial charge in [0.15, 0.2) is 0 Å². The number of amides is 2. The SMILES string of the molecule is CC(C)(C)NC(=O)c1ccc(NC(=O)c2ccc(-c3ccccc3)cc2)cc1. The highest BCUT2D eigenvalue weighted by Gasteiger charge is 2.15. The van der Waals surface area contributed by atoms with Crippen LogP contribution in [0.1, 0.15) is 41.5 Å². The first-order valence-corrected chi connectivity index (χ1v) is 9.21. The number of carbonyl (C=O) groups excluding carboxylic acids is 2. The molecule has 0 spiro atoms. The molecule has 0 radical (unpaired) electrons. The molecule has 4 heteroatoms. The Labute approximate surface area is 165 Å². The van der Waals surface area contributed by atoms with Crippen molar-refractivity contribution >= 4 is 17.5 Å². The summed E-state index contributed by atoms with van der Waals surface area (Å²) in [6, 6.07) is 24.4. The molecule has 0 aliphatic carbocycles. The molecule has 0 saturated heterocycles. The lowest BCUT2D eigenvalue weighted by Gasteiger charge is -2.20. The summed E-state index contributed by atoms with van der Waals surface area (Å²) in [6.07, 6.45) is 0. The summed E-state index contributed by atoms with van der Waals surface area (Å²) in [4.78, 5) is 24.6. The molecule has 142 valence electrons. The van der Waals surface area contributed by atoms with E-state index in [1.807, 2.05) is 75.4 Å². The maximum absolute atomic E-state index is 12.5. The standard InChI is InChI=1S/C24H24N2O2/c1-24(2,3)26-23(28)20-13-15-21(16-14-20)25-22(27)19-11-9-18(10-12-19)17-7-5-4-6-8-17/h4-16H,1-3H3,(H,25,27)(H,26,28). The van der Waals surface area contributed by atoms with Crippen LogP contribution in [0.15, 0.2) is 78.9 Å². The Morgan fingerprint density at radius 2 is 1.14 bits per heavy atom. The third-order valence-electron chi connectivity index (χ3n) is 4.15. The van der Waals surface area contributed by atoms with Crippen LogP contribution in [0.3, 0.4) is 0 Å². The van der Waals surface area contributed by atoms with Crippen molar-refractivity contribution in [2.45, 2.75) is 26.3 Å². The smallest absolute Gasteiger partial charge is 0.255 e. The zero-order chi connectivity index (χ0) is 20.1. The van der Waals surface area contributed by atoms with E-state index in [0.29, 0.717) is 16.8 Å². The molecule has 0 fully saturated rings. The summed E-state index contributed by atoms with van der Waals surface area (Å²) < 4.78 is 0. The van der Waals surface area contributed by atoms with Crippen LogP contribution >= 0.6 is 0 Å². The molecule has 3 aromatic carbocycles. The summed E-state index contributed by atoms with van der Waals surface area (Å²) in [5, 5.41) is 5.78. The van der Waals surface area contributed by atoms with Gasteiger partial charge < -0.3 is 10.6 Å². The molecule has 0 heterocycles. The summed E-state index contributed by atoms with van der Waals surface area (Å²) in [5.41, 5.74) is 3.65. The molecule has 0 aromatic heterocycles. The minimum absolute atomic E-state index is 0.137. The Kier molecular flexibility index (Phi) is 5.59. The van der Waals surface area contributed by atoms with Crippen molar-refractivity contribution < 1.29 is 9.59 Å². The Balaban J connectivity index is 1.65. The fraction of sp³-hybridized carbons (Fsp3) is 0.167. The Morgan fingerprint density at radius 3 is 1.71 bits per heavy atom. The fourth-order valence-corrected chi connectivity index (χ4v) is 2.77. The highest BCUT2D eigenvalue weighted by molar-refractivity contribution is 6.04. The average molecular weight is 372 g/mol. The van der Waals surface area contributed by atoms with Gasteiger partial charge in [-0.25, -0.2) is 0 Å². The molecule has 3 rings (SSSR count). The molecule has 28 heavy (non-hydrogen) atoms. The van der Waals surface area contributed by atoms with Crippen molar-refractivity contribution in [3.63, 3.8) is 0 Å². The van der Waals surface area contributed by atoms with Gasteiger partial charge in [-0.05, 0) is 68.3 Å². The summed E-state index contributed by atoms with van der Waals surface area (Å²) in [6.45, 7) is 5.80. The molecule has 0 atom stereocenters. The van der Waals surface area contributed by atoms with Crippen molar-refractivity contribution in [2.75, 3.05) is 5.32 Å². The maximum atomic E-state index is 12.5. The van der Waals surface area contributed by atoms with Crippen LogP contribution in [0.2, 0.25) is 0 Å². The molecule has 0 bridgehead atoms. The summed E-state index contributed by atoms with van der Waals surface area (Å²) >= 11 is 0. The monoisotopic (exact) mass is 372 g/mol. The lowest BCUT2D eigenvalue weighted by Crippen LogP contribution is -2.40. The number of hydrogen-bond donors (Lipinski definition) is 2. The van der Waals surface area contributed by atoms with Crippen LogP contribution in [-0.4, -0.2) is 17.4 Å². The van der Waals surface area contributed by atoms with Gasteiger partial charge in [0.25, 0.3) is 11.8 Å². The van der Waals surface area contributed by atoms with E-state index < -0.39 is 0 Å². The molecule has 2 N–H and O–H groups in total. The van der Waals surface area contributed by atoms with Crippen LogP contribution < -0.4 is 10.6 Å². The Morgan fingerprint density at radius 1 is 0.643 bits per heavy atom. The van der Waals surface area contributed by atoms with Gasteiger partial charge in [0.1, 0.15) is 0 Å². The predicted molar refractivity (Wildman–Crippen MR) is 113 cm³/mol. The Bertz CT molecular complexity index is 954. The molecular weight excluding hydrogens is 348 g/mol. The van der Waals surface area contributed by atoms with Crippen LogP contribution in [-0.2, 0) is 0 Å². The molecular formula is C24H24N2O2. The van der Waals surface area contributed by atoms with Crippen molar-refractivity contribution in [1.29, 1.82) is 0 Å². The lowest BCUT2D eigenvalue weighted by atomic mass is 10.0. The second kappa shape index (κ2) is 8.09. The van der Waals surface area contributed by atoms with E-state index in [4.69, 9.17) is 0 Å². The second-order valence-corrected chi connectivity index (χ2v) is 7.68. The van der Waals surface area contributed by atoms with Crippen molar-refractivity contribution in [3.05, 3.63) is 90.0 Å². The van der Waals surface area contributed by atoms with Crippen LogP contribution in [0, 0.1) is 0 Å². The van der Waals surface area contributed by atoms with Crippen molar-refractivity contribution in [2.24, 2.45) is 0 Å². The van der Waals surface area contributed by atoms with Gasteiger partial charge in [-0.15, -0.1) is 0 Å². The minimum atomic E-state index is -0.296. The first kappa shape index (κ1) is 19.4. The zero-order valence-electron chi connectivity index (χ0n) is 16.3.